The quantitative estimate of drug-likeness (QED) is 0.639. The van der Waals surface area contributed by atoms with Gasteiger partial charge in [-0.25, -0.2) is 0 Å². The molecule has 21 heavy (non-hydrogen) atoms. The number of aromatic hydroxyl groups is 1. The van der Waals surface area contributed by atoms with Crippen LogP contribution in [0.4, 0.5) is 0 Å². The van der Waals surface area contributed by atoms with Crippen LogP contribution in [0.25, 0.3) is 0 Å². The van der Waals surface area contributed by atoms with Gasteiger partial charge in [-0.1, -0.05) is 26.8 Å². The standard InChI is InChI=1S/C16H26O2S3/c1-5-19-11-15(20-6-2)16(21-7-3)12-8-9-13(17)14(10-12)18-4/h8-10,15-17H,5-7,11H2,1-4H3/t15-,16-/m1/s1. The molecule has 1 rings (SSSR count). The molecule has 2 atom stereocenters. The summed E-state index contributed by atoms with van der Waals surface area (Å²) in [5.41, 5.74) is 1.25. The highest BCUT2D eigenvalue weighted by Gasteiger charge is 2.24. The summed E-state index contributed by atoms with van der Waals surface area (Å²) < 4.78 is 5.26. The Kier molecular flexibility index (Phi) is 9.52. The Morgan fingerprint density at radius 1 is 1.10 bits per heavy atom. The predicted molar refractivity (Wildman–Crippen MR) is 100 cm³/mol. The van der Waals surface area contributed by atoms with Crippen LogP contribution in [0, 0.1) is 0 Å². The monoisotopic (exact) mass is 346 g/mol. The highest BCUT2D eigenvalue weighted by Crippen LogP contribution is 2.42. The SMILES string of the molecule is CCSC[C@@H](SCC)[C@H](SCC)c1ccc(O)c(OC)c1. The molecule has 1 N–H and O–H groups in total. The van der Waals surface area contributed by atoms with Crippen LogP contribution in [0.1, 0.15) is 31.6 Å². The molecule has 1 aromatic carbocycles. The fourth-order valence-corrected chi connectivity index (χ4v) is 5.84. The molecule has 0 fully saturated rings. The van der Waals surface area contributed by atoms with Gasteiger partial charge in [0.1, 0.15) is 0 Å². The van der Waals surface area contributed by atoms with Gasteiger partial charge in [0, 0.05) is 16.3 Å². The van der Waals surface area contributed by atoms with Crippen molar-refractivity contribution >= 4 is 35.3 Å². The number of rotatable bonds is 10. The van der Waals surface area contributed by atoms with E-state index in [1.54, 1.807) is 13.2 Å². The minimum Gasteiger partial charge on any atom is -0.504 e. The Bertz CT molecular complexity index is 413. The van der Waals surface area contributed by atoms with Gasteiger partial charge >= 0.3 is 0 Å². The molecule has 2 nitrogen and oxygen atoms in total. The number of phenols is 1. The van der Waals surface area contributed by atoms with Gasteiger partial charge in [-0.3, -0.25) is 0 Å². The van der Waals surface area contributed by atoms with E-state index in [9.17, 15) is 5.11 Å². The molecule has 0 radical (unpaired) electrons. The van der Waals surface area contributed by atoms with Gasteiger partial charge in [0.15, 0.2) is 11.5 Å². The van der Waals surface area contributed by atoms with E-state index < -0.39 is 0 Å². The molecule has 0 aliphatic carbocycles. The van der Waals surface area contributed by atoms with E-state index in [0.717, 1.165) is 23.0 Å². The van der Waals surface area contributed by atoms with E-state index in [2.05, 4.69) is 20.8 Å². The summed E-state index contributed by atoms with van der Waals surface area (Å²) in [7, 11) is 1.60. The molecule has 0 unspecified atom stereocenters. The maximum atomic E-state index is 9.79. The van der Waals surface area contributed by atoms with Crippen molar-refractivity contribution in [1.29, 1.82) is 0 Å². The molecule has 0 aromatic heterocycles. The third kappa shape index (κ3) is 5.87. The Balaban J connectivity index is 3.01. The number of phenolic OH excluding ortho intramolecular Hbond substituents is 1. The van der Waals surface area contributed by atoms with Gasteiger partial charge in [0.05, 0.1) is 7.11 Å². The van der Waals surface area contributed by atoms with Crippen LogP contribution in [-0.2, 0) is 0 Å². The third-order valence-corrected chi connectivity index (χ3v) is 6.96. The lowest BCUT2D eigenvalue weighted by Crippen LogP contribution is -2.17. The first kappa shape index (κ1) is 18.9. The Morgan fingerprint density at radius 3 is 2.38 bits per heavy atom. The fraction of sp³-hybridized carbons (Fsp3) is 0.625. The van der Waals surface area contributed by atoms with Crippen LogP contribution in [0.15, 0.2) is 18.2 Å². The number of methoxy groups -OCH3 is 1. The lowest BCUT2D eigenvalue weighted by atomic mass is 10.1. The van der Waals surface area contributed by atoms with E-state index in [-0.39, 0.29) is 5.75 Å². The minimum absolute atomic E-state index is 0.212. The van der Waals surface area contributed by atoms with Crippen molar-refractivity contribution in [3.05, 3.63) is 23.8 Å². The van der Waals surface area contributed by atoms with Crippen LogP contribution in [-0.4, -0.2) is 40.5 Å². The smallest absolute Gasteiger partial charge is 0.160 e. The normalized spacial score (nSPS) is 13.9. The zero-order chi connectivity index (χ0) is 15.7. The molecular weight excluding hydrogens is 320 g/mol. The largest absolute Gasteiger partial charge is 0.504 e. The summed E-state index contributed by atoms with van der Waals surface area (Å²) in [6, 6.07) is 5.77. The first-order chi connectivity index (χ1) is 10.2. The third-order valence-electron chi connectivity index (χ3n) is 3.08. The van der Waals surface area contributed by atoms with Gasteiger partial charge in [-0.2, -0.15) is 35.3 Å². The molecule has 0 aliphatic heterocycles. The predicted octanol–water partition coefficient (Wildman–Crippen LogP) is 5.07. The second-order valence-electron chi connectivity index (χ2n) is 4.46. The van der Waals surface area contributed by atoms with E-state index >= 15 is 0 Å². The molecule has 0 aliphatic rings. The van der Waals surface area contributed by atoms with Crippen LogP contribution in [0.3, 0.4) is 0 Å². The number of benzene rings is 1. The molecule has 1 aromatic rings. The Labute approximate surface area is 141 Å². The van der Waals surface area contributed by atoms with Gasteiger partial charge < -0.3 is 9.84 Å². The summed E-state index contributed by atoms with van der Waals surface area (Å²) in [5, 5.41) is 10.8. The molecule has 0 amide bonds. The highest BCUT2D eigenvalue weighted by atomic mass is 32.2. The summed E-state index contributed by atoms with van der Waals surface area (Å²) in [6.07, 6.45) is 0. The van der Waals surface area contributed by atoms with E-state index in [4.69, 9.17) is 4.74 Å². The maximum Gasteiger partial charge on any atom is 0.160 e. The lowest BCUT2D eigenvalue weighted by molar-refractivity contribution is 0.373. The van der Waals surface area contributed by atoms with Gasteiger partial charge in [0.25, 0.3) is 0 Å². The first-order valence-electron chi connectivity index (χ1n) is 7.35. The van der Waals surface area contributed by atoms with Gasteiger partial charge in [-0.15, -0.1) is 0 Å². The topological polar surface area (TPSA) is 29.5 Å². The molecule has 0 spiro atoms. The fourth-order valence-electron chi connectivity index (χ4n) is 2.14. The van der Waals surface area contributed by atoms with Crippen molar-refractivity contribution < 1.29 is 9.84 Å². The summed E-state index contributed by atoms with van der Waals surface area (Å²) in [4.78, 5) is 0. The van der Waals surface area contributed by atoms with Crippen LogP contribution < -0.4 is 4.74 Å². The first-order valence-corrected chi connectivity index (χ1v) is 10.6. The van der Waals surface area contributed by atoms with Crippen LogP contribution in [0.5, 0.6) is 11.5 Å². The van der Waals surface area contributed by atoms with Gasteiger partial charge in [-0.05, 0) is 35.0 Å². The summed E-state index contributed by atoms with van der Waals surface area (Å²) in [5.74, 6) is 5.32. The average Bonchev–Trinajstić information content (AvgIpc) is 2.50. The van der Waals surface area contributed by atoms with Crippen molar-refractivity contribution in [1.82, 2.24) is 0 Å². The van der Waals surface area contributed by atoms with Crippen molar-refractivity contribution in [2.75, 3.05) is 30.1 Å². The molecule has 0 saturated carbocycles. The lowest BCUT2D eigenvalue weighted by Gasteiger charge is -2.26. The molecule has 0 heterocycles. The molecule has 5 heteroatoms. The zero-order valence-corrected chi connectivity index (χ0v) is 15.7. The number of hydrogen-bond acceptors (Lipinski definition) is 5. The summed E-state index contributed by atoms with van der Waals surface area (Å²) >= 11 is 6.02. The average molecular weight is 347 g/mol. The van der Waals surface area contributed by atoms with Crippen LogP contribution in [0.2, 0.25) is 0 Å². The minimum atomic E-state index is 0.212. The molecule has 120 valence electrons. The van der Waals surface area contributed by atoms with Crippen molar-refractivity contribution in [2.24, 2.45) is 0 Å². The number of ether oxygens (including phenoxy) is 1. The van der Waals surface area contributed by atoms with E-state index in [1.165, 1.54) is 5.56 Å². The van der Waals surface area contributed by atoms with Crippen molar-refractivity contribution in [2.45, 2.75) is 31.3 Å². The Hall–Kier alpha value is -0.130. The second kappa shape index (κ2) is 10.6. The zero-order valence-electron chi connectivity index (χ0n) is 13.3. The Morgan fingerprint density at radius 2 is 1.81 bits per heavy atom. The highest BCUT2D eigenvalue weighted by molar-refractivity contribution is 8.05. The maximum absolute atomic E-state index is 9.79. The molecular formula is C16H26O2S3. The van der Waals surface area contributed by atoms with Crippen molar-refractivity contribution in [3.8, 4) is 11.5 Å². The van der Waals surface area contributed by atoms with Crippen LogP contribution >= 0.6 is 35.3 Å². The second-order valence-corrected chi connectivity index (χ2v) is 8.71. The number of thioether (sulfide) groups is 3. The van der Waals surface area contributed by atoms with E-state index in [1.807, 2.05) is 47.4 Å². The summed E-state index contributed by atoms with van der Waals surface area (Å²) in [6.45, 7) is 6.64. The molecule has 0 saturated heterocycles. The van der Waals surface area contributed by atoms with Crippen molar-refractivity contribution in [3.63, 3.8) is 0 Å². The van der Waals surface area contributed by atoms with E-state index in [0.29, 0.717) is 16.2 Å². The molecule has 0 bridgehead atoms. The number of hydrogen-bond donors (Lipinski definition) is 1. The van der Waals surface area contributed by atoms with Gasteiger partial charge in [0.2, 0.25) is 0 Å².